The third-order valence-corrected chi connectivity index (χ3v) is 5.57. The number of furan rings is 1. The molecule has 2 heterocycles. The fraction of sp³-hybridized carbons (Fsp3) is 0.684. The largest absolute Gasteiger partial charge is 0.468 e. The maximum absolute atomic E-state index is 12.9. The summed E-state index contributed by atoms with van der Waals surface area (Å²) in [6, 6.07) is 3.85. The second kappa shape index (κ2) is 8.04. The Morgan fingerprint density at radius 2 is 2.08 bits per heavy atom. The summed E-state index contributed by atoms with van der Waals surface area (Å²) in [5, 5.41) is 5.88. The van der Waals surface area contributed by atoms with E-state index in [1.165, 1.54) is 0 Å². The average molecular weight is 347 g/mol. The van der Waals surface area contributed by atoms with Crippen LogP contribution in [0.25, 0.3) is 0 Å². The lowest BCUT2D eigenvalue weighted by atomic mass is 9.80. The molecule has 0 aromatic carbocycles. The number of nitrogens with one attached hydrogen (secondary N) is 2. The maximum Gasteiger partial charge on any atom is 0.245 e. The number of carbonyl (C=O) groups is 2. The monoisotopic (exact) mass is 347 g/mol. The smallest absolute Gasteiger partial charge is 0.245 e. The maximum atomic E-state index is 12.9. The highest BCUT2D eigenvalue weighted by Crippen LogP contribution is 2.29. The fourth-order valence-corrected chi connectivity index (χ4v) is 4.18. The summed E-state index contributed by atoms with van der Waals surface area (Å²) in [6.45, 7) is 2.43. The lowest BCUT2D eigenvalue weighted by Gasteiger charge is -2.39. The van der Waals surface area contributed by atoms with Gasteiger partial charge in [0, 0.05) is 13.6 Å². The van der Waals surface area contributed by atoms with Gasteiger partial charge in [-0.1, -0.05) is 19.3 Å². The number of likely N-dealkylation sites (tertiary alicyclic amines) is 1. The van der Waals surface area contributed by atoms with Gasteiger partial charge in [-0.25, -0.2) is 0 Å². The normalized spacial score (nSPS) is 23.8. The van der Waals surface area contributed by atoms with E-state index in [-0.39, 0.29) is 17.7 Å². The first-order valence-electron chi connectivity index (χ1n) is 9.42. The number of hydrogen-bond acceptors (Lipinski definition) is 4. The minimum absolute atomic E-state index is 0.0228. The zero-order valence-corrected chi connectivity index (χ0v) is 15.1. The van der Waals surface area contributed by atoms with Crippen molar-refractivity contribution in [3.05, 3.63) is 24.2 Å². The van der Waals surface area contributed by atoms with Gasteiger partial charge < -0.3 is 15.1 Å². The van der Waals surface area contributed by atoms with Crippen LogP contribution in [0.3, 0.4) is 0 Å². The Kier molecular flexibility index (Phi) is 5.78. The molecule has 0 bridgehead atoms. The number of amides is 2. The van der Waals surface area contributed by atoms with Gasteiger partial charge in [0.25, 0.3) is 0 Å². The van der Waals surface area contributed by atoms with Gasteiger partial charge in [-0.2, -0.15) is 0 Å². The van der Waals surface area contributed by atoms with Crippen LogP contribution in [0.15, 0.2) is 22.8 Å². The van der Waals surface area contributed by atoms with Crippen molar-refractivity contribution in [2.24, 2.45) is 5.92 Å². The molecule has 0 radical (unpaired) electrons. The number of hydrogen-bond donors (Lipinski definition) is 2. The first-order chi connectivity index (χ1) is 12.1. The standard InChI is InChI=1S/C19H29N3O3/c1-20-18(24)19(9-3-2-4-10-19)21-17(23)15-7-5-11-22(13-15)14-16-8-6-12-25-16/h6,8,12,15H,2-5,7,9-11,13-14H2,1H3,(H,20,24)(H,21,23)/t15-/m1/s1. The van der Waals surface area contributed by atoms with E-state index in [4.69, 9.17) is 4.42 Å². The Labute approximate surface area is 149 Å². The molecule has 1 aliphatic heterocycles. The SMILES string of the molecule is CNC(=O)C1(NC(=O)[C@@H]2CCCN(Cc3ccco3)C2)CCCCC1. The third-order valence-electron chi connectivity index (χ3n) is 5.57. The Morgan fingerprint density at radius 3 is 2.76 bits per heavy atom. The molecular weight excluding hydrogens is 318 g/mol. The molecular formula is C19H29N3O3. The molecule has 1 saturated heterocycles. The molecule has 2 N–H and O–H groups in total. The quantitative estimate of drug-likeness (QED) is 0.855. The molecule has 3 rings (SSSR count). The molecule has 0 unspecified atom stereocenters. The first-order valence-corrected chi connectivity index (χ1v) is 9.42. The third kappa shape index (κ3) is 4.24. The van der Waals surface area contributed by atoms with Crippen molar-refractivity contribution in [2.75, 3.05) is 20.1 Å². The minimum atomic E-state index is -0.715. The van der Waals surface area contributed by atoms with Gasteiger partial charge in [-0.05, 0) is 44.4 Å². The van der Waals surface area contributed by atoms with E-state index in [1.54, 1.807) is 13.3 Å². The minimum Gasteiger partial charge on any atom is -0.468 e. The molecule has 138 valence electrons. The number of likely N-dealkylation sites (N-methyl/N-ethyl adjacent to an activating group) is 1. The van der Waals surface area contributed by atoms with Crippen molar-refractivity contribution in [2.45, 2.75) is 57.0 Å². The predicted molar refractivity (Wildman–Crippen MR) is 94.7 cm³/mol. The Bertz CT molecular complexity index is 579. The number of rotatable bonds is 5. The summed E-state index contributed by atoms with van der Waals surface area (Å²) >= 11 is 0. The lowest BCUT2D eigenvalue weighted by molar-refractivity contribution is -0.137. The molecule has 1 saturated carbocycles. The summed E-state index contributed by atoms with van der Waals surface area (Å²) in [6.07, 6.45) is 8.14. The van der Waals surface area contributed by atoms with Crippen LogP contribution in [0.4, 0.5) is 0 Å². The summed E-state index contributed by atoms with van der Waals surface area (Å²) in [5.74, 6) is 0.834. The second-order valence-corrected chi connectivity index (χ2v) is 7.36. The van der Waals surface area contributed by atoms with Crippen molar-refractivity contribution >= 4 is 11.8 Å². The van der Waals surface area contributed by atoms with E-state index in [9.17, 15) is 9.59 Å². The van der Waals surface area contributed by atoms with Gasteiger partial charge in [0.2, 0.25) is 11.8 Å². The van der Waals surface area contributed by atoms with E-state index >= 15 is 0 Å². The van der Waals surface area contributed by atoms with E-state index < -0.39 is 5.54 Å². The summed E-state index contributed by atoms with van der Waals surface area (Å²) in [4.78, 5) is 27.6. The van der Waals surface area contributed by atoms with Crippen LogP contribution < -0.4 is 10.6 Å². The van der Waals surface area contributed by atoms with E-state index in [0.29, 0.717) is 0 Å². The van der Waals surface area contributed by atoms with Crippen LogP contribution >= 0.6 is 0 Å². The summed E-state index contributed by atoms with van der Waals surface area (Å²) in [7, 11) is 1.65. The van der Waals surface area contributed by atoms with E-state index in [0.717, 1.165) is 70.3 Å². The molecule has 2 amide bonds. The van der Waals surface area contributed by atoms with E-state index in [1.807, 2.05) is 12.1 Å². The molecule has 1 aliphatic carbocycles. The van der Waals surface area contributed by atoms with E-state index in [2.05, 4.69) is 15.5 Å². The molecule has 0 spiro atoms. The number of carbonyl (C=O) groups excluding carboxylic acids is 2. The van der Waals surface area contributed by atoms with Gasteiger partial charge in [0.1, 0.15) is 11.3 Å². The van der Waals surface area contributed by atoms with Crippen molar-refractivity contribution in [1.29, 1.82) is 0 Å². The zero-order chi connectivity index (χ0) is 17.7. The second-order valence-electron chi connectivity index (χ2n) is 7.36. The Morgan fingerprint density at radius 1 is 1.28 bits per heavy atom. The number of piperidine rings is 1. The van der Waals surface area contributed by atoms with Crippen LogP contribution in [-0.2, 0) is 16.1 Å². The Balaban J connectivity index is 1.61. The highest BCUT2D eigenvalue weighted by Gasteiger charge is 2.41. The summed E-state index contributed by atoms with van der Waals surface area (Å²) < 4.78 is 5.42. The topological polar surface area (TPSA) is 74.6 Å². The van der Waals surface area contributed by atoms with Gasteiger partial charge in [0.05, 0.1) is 18.7 Å². The molecule has 1 aromatic heterocycles. The first kappa shape index (κ1) is 18.0. The highest BCUT2D eigenvalue weighted by molar-refractivity contribution is 5.92. The molecule has 2 fully saturated rings. The van der Waals surface area contributed by atoms with Crippen molar-refractivity contribution < 1.29 is 14.0 Å². The molecule has 6 heteroatoms. The van der Waals surface area contributed by atoms with Crippen molar-refractivity contribution in [1.82, 2.24) is 15.5 Å². The molecule has 1 atom stereocenters. The molecule has 1 aromatic rings. The Hall–Kier alpha value is -1.82. The lowest BCUT2D eigenvalue weighted by Crippen LogP contribution is -2.61. The van der Waals surface area contributed by atoms with Crippen LogP contribution in [0.5, 0.6) is 0 Å². The summed E-state index contributed by atoms with van der Waals surface area (Å²) in [5.41, 5.74) is -0.715. The van der Waals surface area contributed by atoms with Crippen LogP contribution in [0.2, 0.25) is 0 Å². The average Bonchev–Trinajstić information content (AvgIpc) is 3.15. The highest BCUT2D eigenvalue weighted by atomic mass is 16.3. The van der Waals surface area contributed by atoms with Crippen molar-refractivity contribution in [3.63, 3.8) is 0 Å². The predicted octanol–water partition coefficient (Wildman–Crippen LogP) is 2.06. The van der Waals surface area contributed by atoms with Crippen LogP contribution in [-0.4, -0.2) is 42.4 Å². The van der Waals surface area contributed by atoms with Crippen LogP contribution in [0.1, 0.15) is 50.7 Å². The van der Waals surface area contributed by atoms with Gasteiger partial charge in [0.15, 0.2) is 0 Å². The van der Waals surface area contributed by atoms with Crippen molar-refractivity contribution in [3.8, 4) is 0 Å². The van der Waals surface area contributed by atoms with Gasteiger partial charge >= 0.3 is 0 Å². The van der Waals surface area contributed by atoms with Crippen LogP contribution in [0, 0.1) is 5.92 Å². The van der Waals surface area contributed by atoms with Gasteiger partial charge in [-0.15, -0.1) is 0 Å². The van der Waals surface area contributed by atoms with Gasteiger partial charge in [-0.3, -0.25) is 14.5 Å². The fourth-order valence-electron chi connectivity index (χ4n) is 4.18. The molecule has 25 heavy (non-hydrogen) atoms. The zero-order valence-electron chi connectivity index (χ0n) is 15.1. The molecule has 6 nitrogen and oxygen atoms in total. The molecule has 2 aliphatic rings. The number of nitrogens with zero attached hydrogens (tertiary/aromatic N) is 1.